The molecule has 4 heteroatoms. The summed E-state index contributed by atoms with van der Waals surface area (Å²) < 4.78 is 4.60. The monoisotopic (exact) mass is 374 g/mol. The Morgan fingerprint density at radius 1 is 1.13 bits per heavy atom. The van der Waals surface area contributed by atoms with E-state index in [2.05, 4.69) is 35.1 Å². The molecule has 0 saturated carbocycles. The zero-order chi connectivity index (χ0) is 15.7. The van der Waals surface area contributed by atoms with E-state index < -0.39 is 0 Å². The molecule has 0 radical (unpaired) electrons. The molecule has 3 rings (SSSR count). The van der Waals surface area contributed by atoms with Crippen LogP contribution in [0, 0.1) is 13.8 Å². The van der Waals surface area contributed by atoms with E-state index in [0.29, 0.717) is 6.54 Å². The van der Waals surface area contributed by atoms with Crippen LogP contribution in [0.25, 0.3) is 0 Å². The van der Waals surface area contributed by atoms with Crippen molar-refractivity contribution in [2.45, 2.75) is 33.7 Å². The van der Waals surface area contributed by atoms with Gasteiger partial charge in [-0.1, -0.05) is 36.8 Å². The van der Waals surface area contributed by atoms with Crippen molar-refractivity contribution in [3.63, 3.8) is 0 Å². The number of ketones is 1. The van der Waals surface area contributed by atoms with E-state index in [4.69, 9.17) is 0 Å². The molecule has 1 aliphatic rings. The lowest BCUT2D eigenvalue weighted by molar-refractivity contribution is -0.519. The van der Waals surface area contributed by atoms with Gasteiger partial charge < -0.3 is 21.5 Å². The van der Waals surface area contributed by atoms with Crippen LogP contribution in [0.4, 0.5) is 0 Å². The fourth-order valence-corrected chi connectivity index (χ4v) is 3.22. The summed E-state index contributed by atoms with van der Waals surface area (Å²) in [6.07, 6.45) is 0.949. The number of benzene rings is 1. The minimum atomic E-state index is 0. The molecule has 1 aromatic carbocycles. The van der Waals surface area contributed by atoms with Crippen molar-refractivity contribution in [2.75, 3.05) is 13.1 Å². The van der Waals surface area contributed by atoms with Crippen molar-refractivity contribution < 1.29 is 26.4 Å². The molecule has 0 bridgehead atoms. The predicted octanol–water partition coefficient (Wildman–Crippen LogP) is 0.217. The van der Waals surface area contributed by atoms with Crippen LogP contribution in [0.5, 0.6) is 0 Å². The van der Waals surface area contributed by atoms with Gasteiger partial charge in [-0.15, -0.1) is 0 Å². The lowest BCUT2D eigenvalue weighted by Gasteiger charge is -2.18. The topological polar surface area (TPSA) is 25.0 Å². The maximum Gasteiger partial charge on any atom is 0.227 e. The molecule has 23 heavy (non-hydrogen) atoms. The molecule has 2 aromatic rings. The first-order valence-corrected chi connectivity index (χ1v) is 7.97. The van der Waals surface area contributed by atoms with Gasteiger partial charge >= 0.3 is 0 Å². The van der Waals surface area contributed by atoms with Gasteiger partial charge in [-0.05, 0) is 26.0 Å². The molecule has 0 unspecified atom stereocenters. The molecule has 0 atom stereocenters. The van der Waals surface area contributed by atoms with Crippen molar-refractivity contribution in [3.8, 4) is 0 Å². The largest absolute Gasteiger partial charge is 1.00 e. The summed E-state index contributed by atoms with van der Waals surface area (Å²) in [5, 5.41) is 0. The van der Waals surface area contributed by atoms with E-state index in [0.717, 1.165) is 25.1 Å². The lowest BCUT2D eigenvalue weighted by atomic mass is 10.1. The molecule has 0 N–H and O–H groups in total. The van der Waals surface area contributed by atoms with Crippen LogP contribution in [-0.2, 0) is 6.54 Å². The van der Waals surface area contributed by atoms with E-state index in [1.165, 1.54) is 22.7 Å². The summed E-state index contributed by atoms with van der Waals surface area (Å²) in [7, 11) is 0. The highest BCUT2D eigenvalue weighted by Gasteiger charge is 2.27. The number of nitrogens with zero attached hydrogens (tertiary/aromatic N) is 2. The molecule has 1 aromatic heterocycles. The van der Waals surface area contributed by atoms with Gasteiger partial charge in [0.1, 0.15) is 5.69 Å². The van der Waals surface area contributed by atoms with Crippen molar-refractivity contribution in [3.05, 3.63) is 58.9 Å². The number of fused-ring (bicyclic) bond motifs is 1. The van der Waals surface area contributed by atoms with E-state index >= 15 is 0 Å². The Balaban J connectivity index is 0.00000192. The van der Waals surface area contributed by atoms with Gasteiger partial charge in [0.25, 0.3) is 0 Å². The van der Waals surface area contributed by atoms with Gasteiger partial charge in [-0.25, -0.2) is 4.58 Å². The molecule has 0 saturated heterocycles. The van der Waals surface area contributed by atoms with Crippen molar-refractivity contribution >= 4 is 11.5 Å². The number of Topliss-reactive ketones (excluding diaryl/α,β-unsaturated/α-hetero) is 1. The van der Waals surface area contributed by atoms with Crippen LogP contribution >= 0.6 is 0 Å². The lowest BCUT2D eigenvalue weighted by Crippen LogP contribution is -3.00. The Morgan fingerprint density at radius 2 is 1.83 bits per heavy atom. The van der Waals surface area contributed by atoms with Crippen LogP contribution in [0.15, 0.2) is 36.4 Å². The average molecular weight is 375 g/mol. The Kier molecular flexibility index (Phi) is 5.58. The fourth-order valence-electron chi connectivity index (χ4n) is 3.22. The molecule has 0 fully saturated rings. The minimum Gasteiger partial charge on any atom is -1.00 e. The van der Waals surface area contributed by atoms with Crippen LogP contribution in [0.1, 0.15) is 40.7 Å². The van der Waals surface area contributed by atoms with Gasteiger partial charge in [0.2, 0.25) is 12.3 Å². The van der Waals surface area contributed by atoms with E-state index in [9.17, 15) is 4.79 Å². The summed E-state index contributed by atoms with van der Waals surface area (Å²) in [5.41, 5.74) is 5.83. The number of hydrogen-bond acceptors (Lipinski definition) is 1. The number of aromatic nitrogens is 1. The van der Waals surface area contributed by atoms with Crippen LogP contribution in [0.2, 0.25) is 0 Å². The summed E-state index contributed by atoms with van der Waals surface area (Å²) >= 11 is 0. The molecular weight excluding hydrogens is 352 g/mol. The maximum atomic E-state index is 12.5. The Morgan fingerprint density at radius 3 is 2.48 bits per heavy atom. The van der Waals surface area contributed by atoms with Crippen molar-refractivity contribution in [1.29, 1.82) is 0 Å². The molecule has 1 aliphatic heterocycles. The highest BCUT2D eigenvalue weighted by molar-refractivity contribution is 5.99. The summed E-state index contributed by atoms with van der Waals surface area (Å²) in [6, 6.07) is 12.2. The molecule has 0 amide bonds. The number of carbonyl (C=O) groups excluding carboxylic acids is 1. The minimum absolute atomic E-state index is 0. The molecule has 2 heterocycles. The zero-order valence-corrected chi connectivity index (χ0v) is 15.6. The first-order valence-electron chi connectivity index (χ1n) is 7.97. The van der Waals surface area contributed by atoms with Crippen LogP contribution < -0.4 is 17.0 Å². The number of halogens is 1. The second-order valence-corrected chi connectivity index (χ2v) is 6.02. The molecule has 0 aliphatic carbocycles. The third-order valence-electron chi connectivity index (χ3n) is 4.51. The van der Waals surface area contributed by atoms with Gasteiger partial charge in [0.15, 0.2) is 12.3 Å². The Hall–Kier alpha value is -1.68. The third-order valence-corrected chi connectivity index (χ3v) is 4.51. The van der Waals surface area contributed by atoms with Gasteiger partial charge in [-0.2, -0.15) is 0 Å². The number of rotatable bonds is 4. The quantitative estimate of drug-likeness (QED) is 0.554. The van der Waals surface area contributed by atoms with E-state index in [-0.39, 0.29) is 22.8 Å². The summed E-state index contributed by atoms with van der Waals surface area (Å²) in [5.74, 6) is 0.197. The predicted molar refractivity (Wildman–Crippen MR) is 89.1 cm³/mol. The zero-order valence-electron chi connectivity index (χ0n) is 14.0. The number of carbonyl (C=O) groups is 1. The Bertz CT molecular complexity index is 741. The number of hydrogen-bond donors (Lipinski definition) is 0. The van der Waals surface area contributed by atoms with Crippen LogP contribution in [0.3, 0.4) is 0 Å². The molecule has 122 valence electrons. The molecule has 3 nitrogen and oxygen atoms in total. The second kappa shape index (κ2) is 7.26. The third kappa shape index (κ3) is 3.47. The van der Waals surface area contributed by atoms with E-state index in [1.54, 1.807) is 0 Å². The average Bonchev–Trinajstić information content (AvgIpc) is 2.89. The SMILES string of the molecule is CCC1=[N+](CC(=O)c2ccc(C)cc2)CCn2c(C)ccc21.[Br-]. The second-order valence-electron chi connectivity index (χ2n) is 6.02. The van der Waals surface area contributed by atoms with Gasteiger partial charge in [0.05, 0.1) is 6.54 Å². The highest BCUT2D eigenvalue weighted by atomic mass is 79.9. The first-order chi connectivity index (χ1) is 10.6. The summed E-state index contributed by atoms with van der Waals surface area (Å²) in [6.45, 7) is 8.68. The van der Waals surface area contributed by atoms with E-state index in [1.807, 2.05) is 31.2 Å². The van der Waals surface area contributed by atoms with Crippen molar-refractivity contribution in [2.24, 2.45) is 0 Å². The van der Waals surface area contributed by atoms with Crippen molar-refractivity contribution in [1.82, 2.24) is 4.57 Å². The van der Waals surface area contributed by atoms with Gasteiger partial charge in [-0.3, -0.25) is 4.79 Å². The Labute approximate surface area is 148 Å². The highest BCUT2D eigenvalue weighted by Crippen LogP contribution is 2.16. The molecule has 0 spiro atoms. The standard InChI is InChI=1S/C19H23N2O.BrH/c1-4-17-18-10-7-15(3)21(18)12-11-20(17)13-19(22)16-8-5-14(2)6-9-16;/h5-10H,4,11-13H2,1-3H3;1H/q+1;/p-1. The normalized spacial score (nSPS) is 13.5. The van der Waals surface area contributed by atoms with Gasteiger partial charge in [0, 0.05) is 17.7 Å². The summed E-state index contributed by atoms with van der Waals surface area (Å²) in [4.78, 5) is 12.5. The smallest absolute Gasteiger partial charge is 0.227 e. The van der Waals surface area contributed by atoms with Crippen LogP contribution in [-0.4, -0.2) is 33.7 Å². The number of aryl methyl sites for hydroxylation is 2. The maximum absolute atomic E-state index is 12.5. The first kappa shape index (κ1) is 17.7. The fraction of sp³-hybridized carbons (Fsp3) is 0.368. The molecular formula is C19H23BrN2O.